The van der Waals surface area contributed by atoms with Gasteiger partial charge in [-0.2, -0.15) is 5.26 Å². The van der Waals surface area contributed by atoms with Gasteiger partial charge in [0.1, 0.15) is 0 Å². The summed E-state index contributed by atoms with van der Waals surface area (Å²) >= 11 is 0. The fourth-order valence-electron chi connectivity index (χ4n) is 2.02. The van der Waals surface area contributed by atoms with Gasteiger partial charge in [-0.15, -0.1) is 0 Å². The molecular formula is C23H17NO4-2. The molecule has 140 valence electrons. The van der Waals surface area contributed by atoms with Crippen molar-refractivity contribution in [3.8, 4) is 17.2 Å². The van der Waals surface area contributed by atoms with Crippen LogP contribution in [0, 0.1) is 11.3 Å². The fraction of sp³-hybridized carbons (Fsp3) is 0. The Kier molecular flexibility index (Phi) is 9.55. The molecule has 28 heavy (non-hydrogen) atoms. The zero-order chi connectivity index (χ0) is 20.8. The monoisotopic (exact) mass is 371 g/mol. The summed E-state index contributed by atoms with van der Waals surface area (Å²) in [4.78, 5) is 19.2. The topological polar surface area (TPSA) is 104 Å². The number of aliphatic carboxylic acids is 1. The standard InChI is InChI=1S/C13H9N.C7H6O2.C3H4O2/c14-10-12-8-4-5-9-13(12)11-6-2-1-3-7-11;8-7(9)6-4-2-1-3-5-6;1-2-3(4)5/h1-9H;1-5H,(H,8,9);2H,1H2,(H,4,5)/p-2. The summed E-state index contributed by atoms with van der Waals surface area (Å²) in [5.41, 5.74) is 3.02. The Labute approximate surface area is 163 Å². The summed E-state index contributed by atoms with van der Waals surface area (Å²) in [5.74, 6) is -2.36. The van der Waals surface area contributed by atoms with E-state index in [1.165, 1.54) is 12.1 Å². The zero-order valence-electron chi connectivity index (χ0n) is 14.9. The molecule has 0 amide bonds. The molecule has 0 spiro atoms. The molecule has 5 nitrogen and oxygen atoms in total. The number of nitriles is 1. The first-order chi connectivity index (χ1) is 13.5. The van der Waals surface area contributed by atoms with Crippen LogP contribution in [0.5, 0.6) is 0 Å². The van der Waals surface area contributed by atoms with Crippen LogP contribution >= 0.6 is 0 Å². The lowest BCUT2D eigenvalue weighted by Crippen LogP contribution is -2.21. The van der Waals surface area contributed by atoms with Crippen molar-refractivity contribution in [2.24, 2.45) is 0 Å². The van der Waals surface area contributed by atoms with E-state index in [0.717, 1.165) is 22.8 Å². The largest absolute Gasteiger partial charge is 0.545 e. The summed E-state index contributed by atoms with van der Waals surface area (Å²) in [7, 11) is 0. The van der Waals surface area contributed by atoms with Gasteiger partial charge in [0.2, 0.25) is 0 Å². The first kappa shape index (κ1) is 21.9. The van der Waals surface area contributed by atoms with Crippen molar-refractivity contribution in [2.75, 3.05) is 0 Å². The lowest BCUT2D eigenvalue weighted by molar-refractivity contribution is -0.297. The maximum atomic E-state index is 10.1. The van der Waals surface area contributed by atoms with Gasteiger partial charge in [-0.1, -0.05) is 85.4 Å². The van der Waals surface area contributed by atoms with Crippen LogP contribution in [0.3, 0.4) is 0 Å². The second-order valence-corrected chi connectivity index (χ2v) is 5.20. The van der Waals surface area contributed by atoms with E-state index in [-0.39, 0.29) is 5.56 Å². The van der Waals surface area contributed by atoms with E-state index < -0.39 is 11.9 Å². The average Bonchev–Trinajstić information content (AvgIpc) is 2.75. The molecular weight excluding hydrogens is 354 g/mol. The third-order valence-electron chi connectivity index (χ3n) is 3.31. The van der Waals surface area contributed by atoms with Crippen molar-refractivity contribution in [3.63, 3.8) is 0 Å². The molecule has 0 radical (unpaired) electrons. The van der Waals surface area contributed by atoms with Gasteiger partial charge in [-0.25, -0.2) is 0 Å². The minimum atomic E-state index is -1.23. The summed E-state index contributed by atoms with van der Waals surface area (Å²) in [6, 6.07) is 27.8. The molecule has 0 unspecified atom stereocenters. The molecule has 0 fully saturated rings. The predicted molar refractivity (Wildman–Crippen MR) is 103 cm³/mol. The van der Waals surface area contributed by atoms with E-state index in [0.29, 0.717) is 0 Å². The number of carboxylic acid groups (broad SMARTS) is 2. The highest BCUT2D eigenvalue weighted by Crippen LogP contribution is 2.22. The predicted octanol–water partition coefficient (Wildman–Crippen LogP) is 2.20. The number of benzene rings is 3. The third kappa shape index (κ3) is 7.81. The number of rotatable bonds is 3. The molecule has 0 N–H and O–H groups in total. The molecule has 0 heterocycles. The maximum absolute atomic E-state index is 10.1. The summed E-state index contributed by atoms with van der Waals surface area (Å²) in [5, 5.41) is 28.2. The van der Waals surface area contributed by atoms with Crippen LogP contribution in [-0.4, -0.2) is 11.9 Å². The molecule has 3 aromatic rings. The molecule has 5 heteroatoms. The lowest BCUT2D eigenvalue weighted by Gasteiger charge is -2.02. The first-order valence-corrected chi connectivity index (χ1v) is 8.14. The Morgan fingerprint density at radius 1 is 0.821 bits per heavy atom. The van der Waals surface area contributed by atoms with Crippen LogP contribution < -0.4 is 10.2 Å². The lowest BCUT2D eigenvalue weighted by atomic mass is 10.0. The van der Waals surface area contributed by atoms with Gasteiger partial charge in [-0.3, -0.25) is 0 Å². The average molecular weight is 371 g/mol. The van der Waals surface area contributed by atoms with Crippen molar-refractivity contribution in [3.05, 3.63) is 109 Å². The Morgan fingerprint density at radius 3 is 1.71 bits per heavy atom. The van der Waals surface area contributed by atoms with Crippen LogP contribution in [0.15, 0.2) is 97.6 Å². The quantitative estimate of drug-likeness (QED) is 0.657. The minimum Gasteiger partial charge on any atom is -0.545 e. The van der Waals surface area contributed by atoms with Crippen LogP contribution in [-0.2, 0) is 4.79 Å². The van der Waals surface area contributed by atoms with Gasteiger partial charge in [-0.05, 0) is 28.8 Å². The SMILES string of the molecule is C=CC(=O)[O-].N#Cc1ccccc1-c1ccccc1.O=C([O-])c1ccccc1. The number of hydrogen-bond donors (Lipinski definition) is 0. The molecule has 0 atom stereocenters. The van der Waals surface area contributed by atoms with Crippen molar-refractivity contribution in [1.82, 2.24) is 0 Å². The molecule has 3 aromatic carbocycles. The second kappa shape index (κ2) is 12.2. The highest BCUT2D eigenvalue weighted by Gasteiger charge is 2.01. The van der Waals surface area contributed by atoms with Crippen molar-refractivity contribution < 1.29 is 19.8 Å². The van der Waals surface area contributed by atoms with Gasteiger partial charge in [0.05, 0.1) is 23.6 Å². The number of hydrogen-bond acceptors (Lipinski definition) is 5. The van der Waals surface area contributed by atoms with Crippen LogP contribution in [0.4, 0.5) is 0 Å². The van der Waals surface area contributed by atoms with Crippen molar-refractivity contribution in [1.29, 1.82) is 5.26 Å². The van der Waals surface area contributed by atoms with E-state index in [4.69, 9.17) is 15.2 Å². The highest BCUT2D eigenvalue weighted by atomic mass is 16.4. The molecule has 0 aliphatic rings. The summed E-state index contributed by atoms with van der Waals surface area (Å²) < 4.78 is 0. The Morgan fingerprint density at radius 2 is 1.29 bits per heavy atom. The van der Waals surface area contributed by atoms with Gasteiger partial charge in [0.15, 0.2) is 0 Å². The molecule has 0 bridgehead atoms. The zero-order valence-corrected chi connectivity index (χ0v) is 14.9. The van der Waals surface area contributed by atoms with E-state index in [2.05, 4.69) is 12.6 Å². The molecule has 0 aliphatic carbocycles. The van der Waals surface area contributed by atoms with E-state index in [9.17, 15) is 9.90 Å². The summed E-state index contributed by atoms with van der Waals surface area (Å²) in [6.07, 6.45) is 0.722. The summed E-state index contributed by atoms with van der Waals surface area (Å²) in [6.45, 7) is 2.90. The minimum absolute atomic E-state index is 0.220. The molecule has 0 saturated heterocycles. The van der Waals surface area contributed by atoms with Crippen LogP contribution in [0.1, 0.15) is 15.9 Å². The second-order valence-electron chi connectivity index (χ2n) is 5.20. The van der Waals surface area contributed by atoms with Gasteiger partial charge in [0, 0.05) is 0 Å². The van der Waals surface area contributed by atoms with E-state index in [1.807, 2.05) is 54.6 Å². The number of carboxylic acids is 2. The molecule has 0 aliphatic heterocycles. The maximum Gasteiger partial charge on any atom is 0.0998 e. The van der Waals surface area contributed by atoms with Crippen molar-refractivity contribution in [2.45, 2.75) is 0 Å². The van der Waals surface area contributed by atoms with E-state index in [1.54, 1.807) is 18.2 Å². The smallest absolute Gasteiger partial charge is 0.0998 e. The van der Waals surface area contributed by atoms with Gasteiger partial charge >= 0.3 is 0 Å². The molecule has 0 saturated carbocycles. The number of nitrogens with zero attached hydrogens (tertiary/aromatic N) is 1. The Balaban J connectivity index is 0.000000241. The molecule has 3 rings (SSSR count). The third-order valence-corrected chi connectivity index (χ3v) is 3.31. The number of carbonyl (C=O) groups excluding carboxylic acids is 2. The normalized spacial score (nSPS) is 8.68. The number of carbonyl (C=O) groups is 2. The van der Waals surface area contributed by atoms with Gasteiger partial charge < -0.3 is 19.8 Å². The Hall–Kier alpha value is -4.17. The van der Waals surface area contributed by atoms with E-state index >= 15 is 0 Å². The van der Waals surface area contributed by atoms with Crippen molar-refractivity contribution >= 4 is 11.9 Å². The first-order valence-electron chi connectivity index (χ1n) is 8.14. The van der Waals surface area contributed by atoms with Crippen LogP contribution in [0.25, 0.3) is 11.1 Å². The number of aromatic carboxylic acids is 1. The van der Waals surface area contributed by atoms with Crippen LogP contribution in [0.2, 0.25) is 0 Å². The molecule has 0 aromatic heterocycles. The fourth-order valence-corrected chi connectivity index (χ4v) is 2.02. The highest BCUT2D eigenvalue weighted by molar-refractivity contribution is 5.85. The Bertz CT molecular complexity index is 945. The van der Waals surface area contributed by atoms with Gasteiger partial charge in [0.25, 0.3) is 0 Å².